The molecule has 2 heteroatoms. The molecule has 1 aliphatic rings. The summed E-state index contributed by atoms with van der Waals surface area (Å²) in [5, 5.41) is 2.44. The molecule has 102 valence electrons. The van der Waals surface area contributed by atoms with Crippen LogP contribution in [0.15, 0.2) is 46.9 Å². The van der Waals surface area contributed by atoms with Crippen molar-refractivity contribution in [2.45, 2.75) is 24.6 Å². The highest BCUT2D eigenvalue weighted by molar-refractivity contribution is 9.09. The van der Waals surface area contributed by atoms with Gasteiger partial charge >= 0.3 is 0 Å². The Morgan fingerprint density at radius 3 is 2.60 bits per heavy atom. The normalized spacial score (nSPS) is 18.5. The first-order chi connectivity index (χ1) is 9.74. The van der Waals surface area contributed by atoms with E-state index in [4.69, 9.17) is 4.42 Å². The van der Waals surface area contributed by atoms with Crippen molar-refractivity contribution in [1.82, 2.24) is 0 Å². The van der Waals surface area contributed by atoms with Crippen LogP contribution in [0.3, 0.4) is 0 Å². The maximum absolute atomic E-state index is 5.89. The lowest BCUT2D eigenvalue weighted by Gasteiger charge is -2.18. The largest absolute Gasteiger partial charge is 0.456 e. The van der Waals surface area contributed by atoms with Crippen LogP contribution < -0.4 is 0 Å². The maximum atomic E-state index is 5.89. The van der Waals surface area contributed by atoms with E-state index in [2.05, 4.69) is 53.2 Å². The Morgan fingerprint density at radius 2 is 1.80 bits per heavy atom. The monoisotopic (exact) mass is 328 g/mol. The highest BCUT2D eigenvalue weighted by atomic mass is 79.9. The maximum Gasteiger partial charge on any atom is 0.135 e. The van der Waals surface area contributed by atoms with Crippen molar-refractivity contribution in [3.05, 3.63) is 48.0 Å². The van der Waals surface area contributed by atoms with E-state index in [1.807, 2.05) is 12.1 Å². The molecule has 2 atom stereocenters. The lowest BCUT2D eigenvalue weighted by atomic mass is 9.95. The predicted molar refractivity (Wildman–Crippen MR) is 87.3 cm³/mol. The second-order valence-corrected chi connectivity index (χ2v) is 6.94. The summed E-state index contributed by atoms with van der Waals surface area (Å²) in [6.45, 7) is 2.36. The molecule has 0 spiro atoms. The number of para-hydroxylation sites is 1. The molecule has 1 saturated carbocycles. The molecule has 0 N–H and O–H groups in total. The molecule has 0 aliphatic heterocycles. The number of benzene rings is 2. The van der Waals surface area contributed by atoms with Gasteiger partial charge in [0.2, 0.25) is 0 Å². The molecule has 2 unspecified atom stereocenters. The van der Waals surface area contributed by atoms with E-state index in [1.165, 1.54) is 29.2 Å². The second kappa shape index (κ2) is 4.63. The molecule has 0 bridgehead atoms. The lowest BCUT2D eigenvalue weighted by molar-refractivity contribution is 0.503. The molecule has 0 radical (unpaired) electrons. The van der Waals surface area contributed by atoms with Gasteiger partial charge in [-0.1, -0.05) is 47.1 Å². The third-order valence-corrected chi connectivity index (χ3v) is 5.91. The average molecular weight is 329 g/mol. The highest BCUT2D eigenvalue weighted by Gasteiger charge is 2.32. The minimum Gasteiger partial charge on any atom is -0.456 e. The molecule has 1 aromatic heterocycles. The number of hydrogen-bond donors (Lipinski definition) is 0. The fraction of sp³-hybridized carbons (Fsp3) is 0.333. The summed E-state index contributed by atoms with van der Waals surface area (Å²) in [5.74, 6) is 1.60. The Bertz CT molecular complexity index is 769. The van der Waals surface area contributed by atoms with E-state index in [1.54, 1.807) is 0 Å². The van der Waals surface area contributed by atoms with Gasteiger partial charge in [-0.2, -0.15) is 0 Å². The van der Waals surface area contributed by atoms with Crippen LogP contribution in [0, 0.1) is 11.8 Å². The molecule has 3 aromatic rings. The number of alkyl halides is 1. The van der Waals surface area contributed by atoms with Gasteiger partial charge in [-0.3, -0.25) is 0 Å². The Labute approximate surface area is 127 Å². The van der Waals surface area contributed by atoms with Crippen molar-refractivity contribution in [1.29, 1.82) is 0 Å². The summed E-state index contributed by atoms with van der Waals surface area (Å²) in [6, 6.07) is 14.9. The topological polar surface area (TPSA) is 13.1 Å². The first kappa shape index (κ1) is 12.5. The standard InChI is InChI=1S/C18H17BrO/c1-11(12-6-7-12)18(19)13-8-9-17-15(10-13)14-4-2-3-5-16(14)20-17/h2-5,8-12,18H,6-7H2,1H3. The summed E-state index contributed by atoms with van der Waals surface area (Å²) in [6.07, 6.45) is 2.78. The van der Waals surface area contributed by atoms with Crippen molar-refractivity contribution >= 4 is 37.9 Å². The van der Waals surface area contributed by atoms with Crippen LogP contribution in [0.2, 0.25) is 0 Å². The Balaban J connectivity index is 1.82. The number of halogens is 1. The summed E-state index contributed by atoms with van der Waals surface area (Å²) in [4.78, 5) is 0.438. The van der Waals surface area contributed by atoms with Gasteiger partial charge in [0.25, 0.3) is 0 Å². The van der Waals surface area contributed by atoms with Gasteiger partial charge in [-0.25, -0.2) is 0 Å². The van der Waals surface area contributed by atoms with E-state index < -0.39 is 0 Å². The summed E-state index contributed by atoms with van der Waals surface area (Å²) >= 11 is 3.90. The Hall–Kier alpha value is -1.28. The summed E-state index contributed by atoms with van der Waals surface area (Å²) in [5.41, 5.74) is 3.32. The molecule has 1 nitrogen and oxygen atoms in total. The molecular weight excluding hydrogens is 312 g/mol. The summed E-state index contributed by atoms with van der Waals surface area (Å²) in [7, 11) is 0. The minimum absolute atomic E-state index is 0.438. The van der Waals surface area contributed by atoms with Gasteiger partial charge in [-0.15, -0.1) is 0 Å². The highest BCUT2D eigenvalue weighted by Crippen LogP contribution is 2.46. The van der Waals surface area contributed by atoms with Crippen molar-refractivity contribution in [3.63, 3.8) is 0 Å². The molecule has 0 saturated heterocycles. The predicted octanol–water partition coefficient (Wildman–Crippen LogP) is 6.07. The number of furan rings is 1. The van der Waals surface area contributed by atoms with Gasteiger partial charge < -0.3 is 4.42 Å². The number of fused-ring (bicyclic) bond motifs is 3. The van der Waals surface area contributed by atoms with E-state index in [-0.39, 0.29) is 0 Å². The molecule has 2 aromatic carbocycles. The zero-order valence-electron chi connectivity index (χ0n) is 11.5. The van der Waals surface area contributed by atoms with Crippen LogP contribution in [-0.2, 0) is 0 Å². The Morgan fingerprint density at radius 1 is 1.05 bits per heavy atom. The molecule has 1 heterocycles. The van der Waals surface area contributed by atoms with Crippen molar-refractivity contribution in [2.75, 3.05) is 0 Å². The van der Waals surface area contributed by atoms with Gasteiger partial charge in [0.1, 0.15) is 11.2 Å². The van der Waals surface area contributed by atoms with Crippen molar-refractivity contribution < 1.29 is 4.42 Å². The SMILES string of the molecule is CC(C1CC1)C(Br)c1ccc2oc3ccccc3c2c1. The van der Waals surface area contributed by atoms with Crippen LogP contribution in [0.1, 0.15) is 30.2 Å². The Kier molecular flexibility index (Phi) is 2.88. The van der Waals surface area contributed by atoms with E-state index >= 15 is 0 Å². The van der Waals surface area contributed by atoms with Crippen molar-refractivity contribution in [3.8, 4) is 0 Å². The molecule has 1 fully saturated rings. The molecular formula is C18H17BrO. The molecule has 0 amide bonds. The quantitative estimate of drug-likeness (QED) is 0.532. The van der Waals surface area contributed by atoms with Gasteiger partial charge in [-0.05, 0) is 48.4 Å². The van der Waals surface area contributed by atoms with Crippen LogP contribution >= 0.6 is 15.9 Å². The summed E-state index contributed by atoms with van der Waals surface area (Å²) < 4.78 is 5.89. The third kappa shape index (κ3) is 1.98. The first-order valence-corrected chi connectivity index (χ1v) is 8.21. The third-order valence-electron chi connectivity index (χ3n) is 4.55. The fourth-order valence-electron chi connectivity index (χ4n) is 3.08. The van der Waals surface area contributed by atoms with Crippen LogP contribution in [-0.4, -0.2) is 0 Å². The van der Waals surface area contributed by atoms with E-state index in [0.29, 0.717) is 10.7 Å². The molecule has 20 heavy (non-hydrogen) atoms. The second-order valence-electron chi connectivity index (χ2n) is 5.95. The smallest absolute Gasteiger partial charge is 0.135 e. The van der Waals surface area contributed by atoms with E-state index in [0.717, 1.165) is 17.1 Å². The zero-order chi connectivity index (χ0) is 13.7. The number of hydrogen-bond acceptors (Lipinski definition) is 1. The van der Waals surface area contributed by atoms with Crippen LogP contribution in [0.4, 0.5) is 0 Å². The van der Waals surface area contributed by atoms with E-state index in [9.17, 15) is 0 Å². The zero-order valence-corrected chi connectivity index (χ0v) is 13.1. The van der Waals surface area contributed by atoms with Crippen LogP contribution in [0.25, 0.3) is 21.9 Å². The van der Waals surface area contributed by atoms with Crippen LogP contribution in [0.5, 0.6) is 0 Å². The lowest BCUT2D eigenvalue weighted by Crippen LogP contribution is -2.05. The number of rotatable bonds is 3. The fourth-order valence-corrected chi connectivity index (χ4v) is 3.80. The molecule has 4 rings (SSSR count). The molecule has 1 aliphatic carbocycles. The van der Waals surface area contributed by atoms with Crippen molar-refractivity contribution in [2.24, 2.45) is 11.8 Å². The average Bonchev–Trinajstić information content (AvgIpc) is 3.26. The van der Waals surface area contributed by atoms with Gasteiger partial charge in [0.05, 0.1) is 0 Å². The first-order valence-electron chi connectivity index (χ1n) is 7.29. The van der Waals surface area contributed by atoms with Gasteiger partial charge in [0.15, 0.2) is 0 Å². The van der Waals surface area contributed by atoms with Gasteiger partial charge in [0, 0.05) is 15.6 Å². The minimum atomic E-state index is 0.438.